The van der Waals surface area contributed by atoms with Gasteiger partial charge in [0.15, 0.2) is 0 Å². The van der Waals surface area contributed by atoms with Gasteiger partial charge in [0, 0.05) is 26.1 Å². The third kappa shape index (κ3) is 3.96. The Hall–Kier alpha value is -2.06. The lowest BCUT2D eigenvalue weighted by Crippen LogP contribution is -2.45. The molecule has 0 radical (unpaired) electrons. The highest BCUT2D eigenvalue weighted by molar-refractivity contribution is 5.79. The highest BCUT2D eigenvalue weighted by atomic mass is 16.2. The summed E-state index contributed by atoms with van der Waals surface area (Å²) < 4.78 is 0. The van der Waals surface area contributed by atoms with E-state index in [9.17, 15) is 9.59 Å². The van der Waals surface area contributed by atoms with Gasteiger partial charge in [0.25, 0.3) is 0 Å². The number of rotatable bonds is 4. The quantitative estimate of drug-likeness (QED) is 0.799. The van der Waals surface area contributed by atoms with E-state index < -0.39 is 0 Å². The largest absolute Gasteiger partial charge is 0.324 e. The minimum atomic E-state index is -0.0634. The monoisotopic (exact) mass is 286 g/mol. The predicted octanol–water partition coefficient (Wildman–Crippen LogP) is 2.87. The van der Waals surface area contributed by atoms with Crippen LogP contribution in [0, 0.1) is 0 Å². The first kappa shape index (κ1) is 15.3. The summed E-state index contributed by atoms with van der Waals surface area (Å²) in [5, 5.41) is 0. The molecule has 21 heavy (non-hydrogen) atoms. The lowest BCUT2D eigenvalue weighted by molar-refractivity contribution is 0.156. The molecule has 4 nitrogen and oxygen atoms in total. The maximum absolute atomic E-state index is 12.6. The summed E-state index contributed by atoms with van der Waals surface area (Å²) in [5.41, 5.74) is 1.43. The first-order valence-electron chi connectivity index (χ1n) is 7.60. The minimum Gasteiger partial charge on any atom is -0.324 e. The summed E-state index contributed by atoms with van der Waals surface area (Å²) in [5.74, 6) is 1.97. The van der Waals surface area contributed by atoms with Crippen LogP contribution in [0.2, 0.25) is 0 Å². The van der Waals surface area contributed by atoms with Crippen molar-refractivity contribution in [2.45, 2.75) is 32.6 Å². The van der Waals surface area contributed by atoms with Crippen molar-refractivity contribution in [3.63, 3.8) is 0 Å². The molecule has 0 unspecified atom stereocenters. The van der Waals surface area contributed by atoms with E-state index in [2.05, 4.69) is 0 Å². The smallest absolute Gasteiger partial charge is 0.324 e. The molecule has 0 aliphatic carbocycles. The number of nitrogens with zero attached hydrogens (tertiary/aromatic N) is 2. The van der Waals surface area contributed by atoms with Gasteiger partial charge in [-0.3, -0.25) is 4.90 Å². The number of benzene rings is 1. The van der Waals surface area contributed by atoms with Crippen LogP contribution in [0.1, 0.15) is 31.7 Å². The first-order chi connectivity index (χ1) is 10.3. The number of hydrogen-bond donors (Lipinski definition) is 0. The van der Waals surface area contributed by atoms with Crippen LogP contribution in [0.15, 0.2) is 36.0 Å². The Balaban J connectivity index is 2.10. The van der Waals surface area contributed by atoms with E-state index in [1.807, 2.05) is 48.1 Å². The molecule has 0 spiro atoms. The van der Waals surface area contributed by atoms with Crippen LogP contribution in [-0.2, 0) is 11.2 Å². The number of piperidine rings is 1. The van der Waals surface area contributed by atoms with E-state index in [1.54, 1.807) is 4.90 Å². The summed E-state index contributed by atoms with van der Waals surface area (Å²) in [6.45, 7) is 3.95. The van der Waals surface area contributed by atoms with Crippen molar-refractivity contribution in [1.82, 2.24) is 9.80 Å². The molecule has 2 rings (SSSR count). The number of carbonyl (C=O) groups is 1. The Bertz CT molecular complexity index is 515. The Labute approximate surface area is 126 Å². The molecule has 0 bridgehead atoms. The van der Waals surface area contributed by atoms with E-state index >= 15 is 0 Å². The molecular weight excluding hydrogens is 264 g/mol. The number of carbonyl (C=O) groups excluding carboxylic acids is 2. The number of urea groups is 1. The van der Waals surface area contributed by atoms with Crippen LogP contribution in [0.5, 0.6) is 0 Å². The minimum absolute atomic E-state index is 0.0634. The first-order valence-corrected chi connectivity index (χ1v) is 7.60. The number of likely N-dealkylation sites (N-methyl/N-ethyl adjacent to an activating group) is 1. The topological polar surface area (TPSA) is 40.6 Å². The van der Waals surface area contributed by atoms with Crippen LogP contribution in [-0.4, -0.2) is 41.4 Å². The van der Waals surface area contributed by atoms with E-state index in [1.165, 1.54) is 6.42 Å². The molecule has 0 saturated carbocycles. The van der Waals surface area contributed by atoms with Crippen LogP contribution < -0.4 is 0 Å². The molecule has 0 aromatic heterocycles. The van der Waals surface area contributed by atoms with Crippen LogP contribution in [0.4, 0.5) is 4.79 Å². The molecule has 1 fully saturated rings. The van der Waals surface area contributed by atoms with Gasteiger partial charge in [0.1, 0.15) is 11.6 Å². The summed E-state index contributed by atoms with van der Waals surface area (Å²) >= 11 is 0. The lowest BCUT2D eigenvalue weighted by atomic mass is 10.1. The van der Waals surface area contributed by atoms with E-state index in [-0.39, 0.29) is 6.03 Å². The average Bonchev–Trinajstić information content (AvgIpc) is 2.56. The Morgan fingerprint density at radius 2 is 1.86 bits per heavy atom. The third-order valence-corrected chi connectivity index (χ3v) is 3.83. The van der Waals surface area contributed by atoms with Crippen LogP contribution in [0.25, 0.3) is 0 Å². The van der Waals surface area contributed by atoms with Gasteiger partial charge >= 0.3 is 6.03 Å². The van der Waals surface area contributed by atoms with Crippen LogP contribution in [0.3, 0.4) is 0 Å². The second-order valence-electron chi connectivity index (χ2n) is 5.29. The Morgan fingerprint density at radius 3 is 2.43 bits per heavy atom. The highest BCUT2D eigenvalue weighted by Crippen LogP contribution is 2.16. The SMILES string of the molecule is CCN(C(=O)N1CCCCC1)C(=C=O)Cc1ccccc1. The summed E-state index contributed by atoms with van der Waals surface area (Å²) in [7, 11) is 0. The van der Waals surface area contributed by atoms with Crippen molar-refractivity contribution in [2.24, 2.45) is 0 Å². The zero-order valence-corrected chi connectivity index (χ0v) is 12.5. The summed E-state index contributed by atoms with van der Waals surface area (Å²) in [6, 6.07) is 9.64. The van der Waals surface area contributed by atoms with Crippen molar-refractivity contribution >= 4 is 12.0 Å². The van der Waals surface area contributed by atoms with Crippen LogP contribution >= 0.6 is 0 Å². The molecule has 2 amide bonds. The van der Waals surface area contributed by atoms with E-state index in [0.717, 1.165) is 31.5 Å². The standard InChI is InChI=1S/C17H22N2O2/c1-2-19(17(21)18-11-7-4-8-12-18)16(14-20)13-15-9-5-3-6-10-15/h3,5-6,9-10H,2,4,7-8,11-13H2,1H3. The molecule has 0 N–H and O–H groups in total. The number of allylic oxidation sites excluding steroid dienone is 1. The number of likely N-dealkylation sites (tertiary alicyclic amines) is 1. The number of hydrogen-bond acceptors (Lipinski definition) is 2. The van der Waals surface area contributed by atoms with Gasteiger partial charge in [-0.1, -0.05) is 30.3 Å². The highest BCUT2D eigenvalue weighted by Gasteiger charge is 2.24. The molecule has 1 heterocycles. The zero-order chi connectivity index (χ0) is 15.1. The fraction of sp³-hybridized carbons (Fsp3) is 0.471. The van der Waals surface area contributed by atoms with Gasteiger partial charge in [-0.05, 0) is 31.7 Å². The van der Waals surface area contributed by atoms with Crippen molar-refractivity contribution in [2.75, 3.05) is 19.6 Å². The van der Waals surface area contributed by atoms with Crippen molar-refractivity contribution in [1.29, 1.82) is 0 Å². The Morgan fingerprint density at radius 1 is 1.19 bits per heavy atom. The summed E-state index contributed by atoms with van der Waals surface area (Å²) in [4.78, 5) is 27.3. The summed E-state index contributed by atoms with van der Waals surface area (Å²) in [6.07, 6.45) is 3.71. The van der Waals surface area contributed by atoms with Gasteiger partial charge in [-0.2, -0.15) is 0 Å². The second kappa shape index (κ2) is 7.65. The van der Waals surface area contributed by atoms with Gasteiger partial charge in [0.05, 0.1) is 0 Å². The Kier molecular flexibility index (Phi) is 5.59. The van der Waals surface area contributed by atoms with E-state index in [0.29, 0.717) is 18.7 Å². The van der Waals surface area contributed by atoms with Gasteiger partial charge in [0.2, 0.25) is 0 Å². The van der Waals surface area contributed by atoms with Gasteiger partial charge in [-0.15, -0.1) is 0 Å². The average molecular weight is 286 g/mol. The predicted molar refractivity (Wildman–Crippen MR) is 82.6 cm³/mol. The third-order valence-electron chi connectivity index (χ3n) is 3.83. The normalized spacial score (nSPS) is 14.4. The molecule has 1 aromatic carbocycles. The fourth-order valence-electron chi connectivity index (χ4n) is 2.67. The van der Waals surface area contributed by atoms with Gasteiger partial charge < -0.3 is 4.90 Å². The van der Waals surface area contributed by atoms with Crippen molar-refractivity contribution in [3.8, 4) is 0 Å². The molecule has 0 atom stereocenters. The fourth-order valence-corrected chi connectivity index (χ4v) is 2.67. The molecule has 1 aliphatic heterocycles. The van der Waals surface area contributed by atoms with E-state index in [4.69, 9.17) is 0 Å². The zero-order valence-electron chi connectivity index (χ0n) is 12.5. The lowest BCUT2D eigenvalue weighted by Gasteiger charge is -2.32. The second-order valence-corrected chi connectivity index (χ2v) is 5.29. The molecular formula is C17H22N2O2. The molecule has 112 valence electrons. The molecule has 1 aliphatic rings. The van der Waals surface area contributed by atoms with Gasteiger partial charge in [-0.25, -0.2) is 9.59 Å². The molecule has 1 aromatic rings. The van der Waals surface area contributed by atoms with Crippen molar-refractivity contribution in [3.05, 3.63) is 41.6 Å². The molecule has 4 heteroatoms. The number of amides is 2. The maximum Gasteiger partial charge on any atom is 0.324 e. The maximum atomic E-state index is 12.6. The molecule has 1 saturated heterocycles. The van der Waals surface area contributed by atoms with Crippen molar-refractivity contribution < 1.29 is 9.59 Å².